The second-order valence-electron chi connectivity index (χ2n) is 14.4. The van der Waals surface area contributed by atoms with Crippen LogP contribution in [0.15, 0.2) is 188 Å². The molecule has 260 valence electrons. The molecule has 0 aliphatic heterocycles. The van der Waals surface area contributed by atoms with Crippen LogP contribution >= 0.6 is 0 Å². The number of benzene rings is 8. The summed E-state index contributed by atoms with van der Waals surface area (Å²) < 4.78 is 4.97. The Kier molecular flexibility index (Phi) is 6.56. The Balaban J connectivity index is 1.11. The number of fused-ring (bicyclic) bond motifs is 10. The third kappa shape index (κ3) is 4.46. The lowest BCUT2D eigenvalue weighted by Crippen LogP contribution is -2.00. The molecule has 0 saturated carbocycles. The van der Waals surface area contributed by atoms with Crippen molar-refractivity contribution in [3.05, 3.63) is 188 Å². The van der Waals surface area contributed by atoms with E-state index in [1.54, 1.807) is 0 Å². The first-order valence-corrected chi connectivity index (χ1v) is 19.0. The molecule has 0 unspecified atom stereocenters. The standard InChI is InChI=1S/C51H31N5/c1-4-15-33(16-5-1)49-52-50(34-17-6-2-7-18-34)54-51(53-49)35-29-27-32(28-30-35)37-23-14-24-40-45-47-41(31-42-39-22-11-13-26-44(39)56(46(37)40)48(42)45)38-21-10-12-25-43(38)55(47)36-19-8-3-9-20-36/h1-31H. The van der Waals surface area contributed by atoms with Gasteiger partial charge in [0, 0.05) is 60.3 Å². The van der Waals surface area contributed by atoms with Crippen molar-refractivity contribution in [1.29, 1.82) is 0 Å². The summed E-state index contributed by atoms with van der Waals surface area (Å²) in [6.45, 7) is 0. The first kappa shape index (κ1) is 30.8. The largest absolute Gasteiger partial charge is 0.309 e. The van der Waals surface area contributed by atoms with Gasteiger partial charge in [-0.2, -0.15) is 0 Å². The number of aromatic nitrogens is 5. The van der Waals surface area contributed by atoms with E-state index in [-0.39, 0.29) is 0 Å². The molecule has 0 N–H and O–H groups in total. The molecule has 4 aromatic heterocycles. The summed E-state index contributed by atoms with van der Waals surface area (Å²) in [4.78, 5) is 14.9. The number of hydrogen-bond acceptors (Lipinski definition) is 3. The molecule has 12 aromatic rings. The van der Waals surface area contributed by atoms with Gasteiger partial charge >= 0.3 is 0 Å². The van der Waals surface area contributed by atoms with E-state index in [1.807, 2.05) is 60.7 Å². The quantitative estimate of drug-likeness (QED) is 0.178. The van der Waals surface area contributed by atoms with Crippen LogP contribution in [0.25, 0.3) is 111 Å². The fourth-order valence-corrected chi connectivity index (χ4v) is 8.86. The third-order valence-corrected chi connectivity index (χ3v) is 11.3. The van der Waals surface area contributed by atoms with E-state index < -0.39 is 0 Å². The topological polar surface area (TPSA) is 48.0 Å². The highest BCUT2D eigenvalue weighted by Crippen LogP contribution is 2.48. The second kappa shape index (κ2) is 11.9. The first-order valence-electron chi connectivity index (χ1n) is 19.0. The maximum Gasteiger partial charge on any atom is 0.164 e. The lowest BCUT2D eigenvalue weighted by Gasteiger charge is -2.10. The van der Waals surface area contributed by atoms with Gasteiger partial charge in [0.2, 0.25) is 0 Å². The predicted molar refractivity (Wildman–Crippen MR) is 231 cm³/mol. The third-order valence-electron chi connectivity index (χ3n) is 11.3. The molecular weight excluding hydrogens is 683 g/mol. The van der Waals surface area contributed by atoms with Crippen molar-refractivity contribution in [1.82, 2.24) is 23.9 Å². The Morgan fingerprint density at radius 2 is 0.804 bits per heavy atom. The zero-order valence-corrected chi connectivity index (χ0v) is 30.1. The zero-order chi connectivity index (χ0) is 36.7. The molecule has 0 aliphatic carbocycles. The summed E-state index contributed by atoms with van der Waals surface area (Å²) in [5.41, 5.74) is 12.4. The fourth-order valence-electron chi connectivity index (χ4n) is 8.86. The maximum atomic E-state index is 4.99. The smallest absolute Gasteiger partial charge is 0.164 e. The molecule has 4 heterocycles. The lowest BCUT2D eigenvalue weighted by atomic mass is 9.99. The van der Waals surface area contributed by atoms with Crippen LogP contribution in [0.2, 0.25) is 0 Å². The summed E-state index contributed by atoms with van der Waals surface area (Å²) in [5.74, 6) is 1.95. The first-order chi connectivity index (χ1) is 27.8. The van der Waals surface area contributed by atoms with Crippen LogP contribution in [0.5, 0.6) is 0 Å². The molecule has 12 rings (SSSR count). The molecule has 0 atom stereocenters. The molecular formula is C51H31N5. The molecule has 5 heteroatoms. The van der Waals surface area contributed by atoms with Gasteiger partial charge in [-0.1, -0.05) is 158 Å². The SMILES string of the molecule is c1ccc(-c2nc(-c3ccccc3)nc(-c3ccc(-c4cccc5c6c7c(cc8c9ccccc9n(c45)c86)c4ccccc4n7-c4ccccc4)cc3)n2)cc1. The Labute approximate surface area is 321 Å². The van der Waals surface area contributed by atoms with Crippen molar-refractivity contribution in [2.45, 2.75) is 0 Å². The van der Waals surface area contributed by atoms with Crippen LogP contribution in [0.1, 0.15) is 0 Å². The molecule has 0 bridgehead atoms. The average Bonchev–Trinajstić information content (AvgIpc) is 3.92. The monoisotopic (exact) mass is 713 g/mol. The van der Waals surface area contributed by atoms with E-state index in [1.165, 1.54) is 65.5 Å². The number of rotatable bonds is 5. The fraction of sp³-hybridized carbons (Fsp3) is 0. The summed E-state index contributed by atoms with van der Waals surface area (Å²) in [5, 5.41) is 7.56. The molecule has 56 heavy (non-hydrogen) atoms. The Hall–Kier alpha value is -7.63. The van der Waals surface area contributed by atoms with Gasteiger partial charge < -0.3 is 8.97 Å². The molecule has 0 spiro atoms. The van der Waals surface area contributed by atoms with Crippen LogP contribution in [0.4, 0.5) is 0 Å². The summed E-state index contributed by atoms with van der Waals surface area (Å²) in [6.07, 6.45) is 0. The molecule has 0 fully saturated rings. The van der Waals surface area contributed by atoms with Gasteiger partial charge in [-0.05, 0) is 35.9 Å². The van der Waals surface area contributed by atoms with Gasteiger partial charge in [0.15, 0.2) is 17.5 Å². The van der Waals surface area contributed by atoms with Gasteiger partial charge in [-0.3, -0.25) is 0 Å². The molecule has 0 radical (unpaired) electrons. The van der Waals surface area contributed by atoms with Gasteiger partial charge in [0.25, 0.3) is 0 Å². The summed E-state index contributed by atoms with van der Waals surface area (Å²) >= 11 is 0. The van der Waals surface area contributed by atoms with E-state index in [4.69, 9.17) is 15.0 Å². The van der Waals surface area contributed by atoms with Crippen molar-refractivity contribution in [3.8, 4) is 51.0 Å². The van der Waals surface area contributed by atoms with Crippen molar-refractivity contribution in [2.75, 3.05) is 0 Å². The van der Waals surface area contributed by atoms with Crippen LogP contribution < -0.4 is 0 Å². The Bertz CT molecular complexity index is 3380. The maximum absolute atomic E-state index is 4.99. The minimum atomic E-state index is 0.643. The Morgan fingerprint density at radius 3 is 1.45 bits per heavy atom. The van der Waals surface area contributed by atoms with Crippen LogP contribution in [-0.2, 0) is 0 Å². The minimum Gasteiger partial charge on any atom is -0.309 e. The number of nitrogens with zero attached hydrogens (tertiary/aromatic N) is 5. The van der Waals surface area contributed by atoms with Crippen molar-refractivity contribution >= 4 is 59.9 Å². The van der Waals surface area contributed by atoms with E-state index in [0.29, 0.717) is 17.5 Å². The molecule has 0 aliphatic rings. The highest BCUT2D eigenvalue weighted by molar-refractivity contribution is 6.35. The molecule has 0 amide bonds. The average molecular weight is 714 g/mol. The van der Waals surface area contributed by atoms with Gasteiger partial charge in [0.05, 0.1) is 27.6 Å². The van der Waals surface area contributed by atoms with Gasteiger partial charge in [-0.25, -0.2) is 15.0 Å². The molecule has 0 saturated heterocycles. The van der Waals surface area contributed by atoms with E-state index >= 15 is 0 Å². The van der Waals surface area contributed by atoms with Crippen molar-refractivity contribution in [3.63, 3.8) is 0 Å². The van der Waals surface area contributed by atoms with Crippen LogP contribution in [0, 0.1) is 0 Å². The summed E-state index contributed by atoms with van der Waals surface area (Å²) in [7, 11) is 0. The van der Waals surface area contributed by atoms with E-state index in [0.717, 1.165) is 27.9 Å². The highest BCUT2D eigenvalue weighted by Gasteiger charge is 2.25. The van der Waals surface area contributed by atoms with Gasteiger partial charge in [0.1, 0.15) is 0 Å². The molecule has 5 nitrogen and oxygen atoms in total. The molecule has 8 aromatic carbocycles. The van der Waals surface area contributed by atoms with Crippen LogP contribution in [0.3, 0.4) is 0 Å². The Morgan fingerprint density at radius 1 is 0.321 bits per heavy atom. The van der Waals surface area contributed by atoms with Gasteiger partial charge in [-0.15, -0.1) is 0 Å². The summed E-state index contributed by atoms with van der Waals surface area (Å²) in [6, 6.07) is 66.6. The number of para-hydroxylation sites is 4. The van der Waals surface area contributed by atoms with Crippen LogP contribution in [-0.4, -0.2) is 23.9 Å². The van der Waals surface area contributed by atoms with Crippen molar-refractivity contribution < 1.29 is 0 Å². The zero-order valence-electron chi connectivity index (χ0n) is 30.1. The van der Waals surface area contributed by atoms with E-state index in [2.05, 4.69) is 136 Å². The highest BCUT2D eigenvalue weighted by atomic mass is 15.0. The van der Waals surface area contributed by atoms with Crippen molar-refractivity contribution in [2.24, 2.45) is 0 Å². The predicted octanol–water partition coefficient (Wildman–Crippen LogP) is 12.8. The lowest BCUT2D eigenvalue weighted by molar-refractivity contribution is 1.07. The number of hydrogen-bond donors (Lipinski definition) is 0. The minimum absolute atomic E-state index is 0.643. The van der Waals surface area contributed by atoms with E-state index in [9.17, 15) is 0 Å². The normalized spacial score (nSPS) is 11.9. The second-order valence-corrected chi connectivity index (χ2v) is 14.4.